The maximum atomic E-state index is 12.0. The number of rotatable bonds is 4. The van der Waals surface area contributed by atoms with Gasteiger partial charge in [0.2, 0.25) is 0 Å². The summed E-state index contributed by atoms with van der Waals surface area (Å²) in [4.78, 5) is 25.9. The second kappa shape index (κ2) is 5.57. The van der Waals surface area contributed by atoms with Gasteiger partial charge in [-0.05, 0) is 19.8 Å². The van der Waals surface area contributed by atoms with Crippen LogP contribution in [0.15, 0.2) is 12.3 Å². The molecule has 0 aliphatic heterocycles. The van der Waals surface area contributed by atoms with Crippen LogP contribution in [0.25, 0.3) is 0 Å². The quantitative estimate of drug-likeness (QED) is 0.655. The topological polar surface area (TPSA) is 85.1 Å². The van der Waals surface area contributed by atoms with Gasteiger partial charge in [-0.3, -0.25) is 19.9 Å². The zero-order valence-corrected chi connectivity index (χ0v) is 10.9. The summed E-state index contributed by atoms with van der Waals surface area (Å²) in [6, 6.07) is 1.25. The van der Waals surface area contributed by atoms with E-state index in [9.17, 15) is 14.9 Å². The van der Waals surface area contributed by atoms with Crippen LogP contribution < -0.4 is 5.32 Å². The fourth-order valence-electron chi connectivity index (χ4n) is 1.30. The number of hydrogen-bond acceptors (Lipinski definition) is 4. The fourth-order valence-corrected chi connectivity index (χ4v) is 1.30. The normalized spacial score (nSPS) is 12.3. The summed E-state index contributed by atoms with van der Waals surface area (Å²) in [6.45, 7) is 7.52. The molecule has 18 heavy (non-hydrogen) atoms. The molecule has 0 radical (unpaired) electrons. The Morgan fingerprint density at radius 2 is 2.06 bits per heavy atom. The Morgan fingerprint density at radius 3 is 2.56 bits per heavy atom. The van der Waals surface area contributed by atoms with Crippen LogP contribution in [0.2, 0.25) is 0 Å². The Labute approximate surface area is 106 Å². The van der Waals surface area contributed by atoms with Crippen molar-refractivity contribution in [2.45, 2.75) is 33.7 Å². The molecule has 1 heterocycles. The second-order valence-corrected chi connectivity index (χ2v) is 4.59. The predicted molar refractivity (Wildman–Crippen MR) is 67.4 cm³/mol. The van der Waals surface area contributed by atoms with Gasteiger partial charge >= 0.3 is 0 Å². The van der Waals surface area contributed by atoms with E-state index in [1.54, 1.807) is 6.92 Å². The van der Waals surface area contributed by atoms with E-state index >= 15 is 0 Å². The number of carbonyl (C=O) groups excluding carboxylic acids is 1. The zero-order valence-electron chi connectivity index (χ0n) is 10.9. The number of carbonyl (C=O) groups is 1. The lowest BCUT2D eigenvalue weighted by molar-refractivity contribution is -0.385. The van der Waals surface area contributed by atoms with Gasteiger partial charge in [0.25, 0.3) is 11.6 Å². The van der Waals surface area contributed by atoms with Gasteiger partial charge in [-0.25, -0.2) is 0 Å². The highest BCUT2D eigenvalue weighted by molar-refractivity contribution is 5.95. The monoisotopic (exact) mass is 251 g/mol. The molecule has 1 aromatic rings. The van der Waals surface area contributed by atoms with Crippen LogP contribution in [0.1, 0.15) is 36.8 Å². The van der Waals surface area contributed by atoms with E-state index < -0.39 is 4.92 Å². The number of hydrogen-bond donors (Lipinski definition) is 1. The first kappa shape index (κ1) is 14.1. The minimum atomic E-state index is -0.560. The largest absolute Gasteiger partial charge is 0.349 e. The molecule has 0 aliphatic rings. The molecule has 6 nitrogen and oxygen atoms in total. The fraction of sp³-hybridized carbons (Fsp3) is 0.500. The van der Waals surface area contributed by atoms with Crippen molar-refractivity contribution in [2.75, 3.05) is 0 Å². The molecule has 0 bridgehead atoms. The molecule has 0 fully saturated rings. The van der Waals surface area contributed by atoms with Crippen LogP contribution in [0.3, 0.4) is 0 Å². The molecule has 6 heteroatoms. The van der Waals surface area contributed by atoms with Gasteiger partial charge in [0, 0.05) is 12.1 Å². The van der Waals surface area contributed by atoms with E-state index in [1.807, 2.05) is 20.8 Å². The number of amides is 1. The van der Waals surface area contributed by atoms with Gasteiger partial charge in [-0.1, -0.05) is 13.8 Å². The van der Waals surface area contributed by atoms with Crippen LogP contribution in [-0.2, 0) is 0 Å². The summed E-state index contributed by atoms with van der Waals surface area (Å²) in [7, 11) is 0. The van der Waals surface area contributed by atoms with Gasteiger partial charge in [0.1, 0.15) is 6.20 Å². The third-order valence-corrected chi connectivity index (χ3v) is 2.89. The second-order valence-electron chi connectivity index (χ2n) is 4.59. The summed E-state index contributed by atoms with van der Waals surface area (Å²) < 4.78 is 0. The average Bonchev–Trinajstić information content (AvgIpc) is 2.28. The highest BCUT2D eigenvalue weighted by Crippen LogP contribution is 2.15. The van der Waals surface area contributed by atoms with Crippen molar-refractivity contribution in [3.8, 4) is 0 Å². The molecule has 1 atom stereocenters. The molecular weight excluding hydrogens is 234 g/mol. The Balaban J connectivity index is 2.98. The molecule has 1 N–H and O–H groups in total. The van der Waals surface area contributed by atoms with Crippen molar-refractivity contribution < 1.29 is 9.72 Å². The molecule has 98 valence electrons. The highest BCUT2D eigenvalue weighted by atomic mass is 16.6. The molecule has 1 unspecified atom stereocenters. The van der Waals surface area contributed by atoms with E-state index in [0.717, 1.165) is 6.20 Å². The number of aromatic nitrogens is 1. The van der Waals surface area contributed by atoms with Gasteiger partial charge < -0.3 is 5.32 Å². The zero-order chi connectivity index (χ0) is 13.9. The minimum absolute atomic E-state index is 0.00355. The smallest absolute Gasteiger partial charge is 0.288 e. The molecule has 0 aliphatic carbocycles. The summed E-state index contributed by atoms with van der Waals surface area (Å²) in [5.41, 5.74) is 0.550. The van der Waals surface area contributed by atoms with Crippen LogP contribution in [0.5, 0.6) is 0 Å². The van der Waals surface area contributed by atoms with Crippen molar-refractivity contribution in [3.05, 3.63) is 33.6 Å². The summed E-state index contributed by atoms with van der Waals surface area (Å²) in [6.07, 6.45) is 1.15. The number of nitrogens with one attached hydrogen (secondary N) is 1. The van der Waals surface area contributed by atoms with Crippen LogP contribution >= 0.6 is 0 Å². The van der Waals surface area contributed by atoms with E-state index in [0.29, 0.717) is 11.6 Å². The summed E-state index contributed by atoms with van der Waals surface area (Å²) in [5.74, 6) is -0.0363. The maximum Gasteiger partial charge on any atom is 0.288 e. The first-order valence-corrected chi connectivity index (χ1v) is 5.74. The first-order chi connectivity index (χ1) is 8.32. The average molecular weight is 251 g/mol. The van der Waals surface area contributed by atoms with E-state index in [4.69, 9.17) is 0 Å². The van der Waals surface area contributed by atoms with Crippen LogP contribution in [0, 0.1) is 23.0 Å². The van der Waals surface area contributed by atoms with E-state index in [1.165, 1.54) is 6.07 Å². The number of pyridine rings is 1. The summed E-state index contributed by atoms with van der Waals surface area (Å²) in [5, 5.41) is 13.5. The van der Waals surface area contributed by atoms with E-state index in [2.05, 4.69) is 10.3 Å². The molecule has 1 rings (SSSR count). The predicted octanol–water partition coefficient (Wildman–Crippen LogP) is 2.07. The van der Waals surface area contributed by atoms with Crippen molar-refractivity contribution in [1.82, 2.24) is 10.3 Å². The van der Waals surface area contributed by atoms with Crippen molar-refractivity contribution in [1.29, 1.82) is 0 Å². The summed E-state index contributed by atoms with van der Waals surface area (Å²) >= 11 is 0. The highest BCUT2D eigenvalue weighted by Gasteiger charge is 2.18. The standard InChI is InChI=1S/C12H17N3O3/c1-7(2)8(3)14-12(16)11-5-10(15(17)18)6-13-9(11)4/h5-8H,1-4H3,(H,14,16). The number of aryl methyl sites for hydroxylation is 1. The number of nitrogens with zero attached hydrogens (tertiary/aromatic N) is 2. The molecular formula is C12H17N3O3. The third-order valence-electron chi connectivity index (χ3n) is 2.89. The molecule has 1 aromatic heterocycles. The molecule has 0 saturated carbocycles. The first-order valence-electron chi connectivity index (χ1n) is 5.74. The Morgan fingerprint density at radius 1 is 1.44 bits per heavy atom. The lowest BCUT2D eigenvalue weighted by atomic mass is 10.1. The molecule has 0 spiro atoms. The minimum Gasteiger partial charge on any atom is -0.349 e. The lowest BCUT2D eigenvalue weighted by Crippen LogP contribution is -2.36. The molecule has 0 aromatic carbocycles. The Bertz CT molecular complexity index is 472. The van der Waals surface area contributed by atoms with Gasteiger partial charge in [-0.2, -0.15) is 0 Å². The maximum absolute atomic E-state index is 12.0. The number of nitro groups is 1. The molecule has 1 amide bonds. The third kappa shape index (κ3) is 3.26. The van der Waals surface area contributed by atoms with Gasteiger partial charge in [0.05, 0.1) is 16.2 Å². The van der Waals surface area contributed by atoms with Gasteiger partial charge in [-0.15, -0.1) is 0 Å². The van der Waals surface area contributed by atoms with Crippen LogP contribution in [0.4, 0.5) is 5.69 Å². The Kier molecular flexibility index (Phi) is 4.36. The van der Waals surface area contributed by atoms with E-state index in [-0.39, 0.29) is 23.2 Å². The lowest BCUT2D eigenvalue weighted by Gasteiger charge is -2.17. The SMILES string of the molecule is Cc1ncc([N+](=O)[O-])cc1C(=O)NC(C)C(C)C. The van der Waals surface area contributed by atoms with Gasteiger partial charge in [0.15, 0.2) is 0 Å². The van der Waals surface area contributed by atoms with Crippen molar-refractivity contribution >= 4 is 11.6 Å². The van der Waals surface area contributed by atoms with Crippen molar-refractivity contribution in [3.63, 3.8) is 0 Å². The molecule has 0 saturated heterocycles. The van der Waals surface area contributed by atoms with Crippen LogP contribution in [-0.4, -0.2) is 21.9 Å². The van der Waals surface area contributed by atoms with Crippen molar-refractivity contribution in [2.24, 2.45) is 5.92 Å². The Hall–Kier alpha value is -1.98.